The van der Waals surface area contributed by atoms with E-state index in [0.717, 1.165) is 11.3 Å². The molecule has 2 aromatic carbocycles. The second-order valence-electron chi connectivity index (χ2n) is 7.97. The Morgan fingerprint density at radius 1 is 1.00 bits per heavy atom. The van der Waals surface area contributed by atoms with Crippen LogP contribution in [0, 0.1) is 5.92 Å². The van der Waals surface area contributed by atoms with Gasteiger partial charge in [-0.15, -0.1) is 0 Å². The molecule has 4 nitrogen and oxygen atoms in total. The first kappa shape index (κ1) is 21.5. The monoisotopic (exact) mass is 463 g/mol. The third-order valence-electron chi connectivity index (χ3n) is 5.86. The molecule has 0 aromatic heterocycles. The molecule has 1 aliphatic carbocycles. The van der Waals surface area contributed by atoms with E-state index in [1.807, 2.05) is 35.3 Å². The quantitative estimate of drug-likeness (QED) is 0.538. The molecule has 2 aromatic rings. The first-order chi connectivity index (χ1) is 14.5. The Bertz CT molecular complexity index is 939. The lowest BCUT2D eigenvalue weighted by Crippen LogP contribution is -2.34. The summed E-state index contributed by atoms with van der Waals surface area (Å²) in [6.07, 6.45) is 6.68. The van der Waals surface area contributed by atoms with Crippen molar-refractivity contribution in [3.8, 4) is 0 Å². The van der Waals surface area contributed by atoms with Crippen molar-refractivity contribution in [1.82, 2.24) is 5.32 Å². The summed E-state index contributed by atoms with van der Waals surface area (Å²) in [4.78, 5) is 12.9. The molecule has 1 N–H and O–H groups in total. The Balaban J connectivity index is 1.56. The first-order valence-electron chi connectivity index (χ1n) is 10.4. The number of hydrazone groups is 1. The summed E-state index contributed by atoms with van der Waals surface area (Å²) >= 11 is 18.6. The van der Waals surface area contributed by atoms with Gasteiger partial charge in [0.2, 0.25) is 0 Å². The zero-order valence-corrected chi connectivity index (χ0v) is 18.9. The van der Waals surface area contributed by atoms with Crippen LogP contribution in [-0.2, 0) is 4.79 Å². The molecule has 1 saturated carbocycles. The van der Waals surface area contributed by atoms with Crippen LogP contribution >= 0.6 is 34.8 Å². The van der Waals surface area contributed by atoms with Gasteiger partial charge in [-0.3, -0.25) is 9.80 Å². The number of nitrogens with zero attached hydrogens (tertiary/aromatic N) is 2. The van der Waals surface area contributed by atoms with Crippen molar-refractivity contribution in [3.05, 3.63) is 63.1 Å². The van der Waals surface area contributed by atoms with Gasteiger partial charge in [-0.25, -0.2) is 0 Å². The highest BCUT2D eigenvalue weighted by atomic mass is 35.5. The second kappa shape index (κ2) is 9.59. The Morgan fingerprint density at radius 2 is 1.70 bits per heavy atom. The number of benzene rings is 2. The molecule has 158 valence electrons. The molecule has 1 unspecified atom stereocenters. The number of carbonyl (C=O) groups excluding carboxylic acids is 1. The number of amides is 1. The van der Waals surface area contributed by atoms with Crippen molar-refractivity contribution in [2.24, 2.45) is 11.0 Å². The summed E-state index contributed by atoms with van der Waals surface area (Å²) in [5.41, 5.74) is 2.25. The van der Waals surface area contributed by atoms with Crippen molar-refractivity contribution < 1.29 is 4.79 Å². The van der Waals surface area contributed by atoms with Gasteiger partial charge in [0, 0.05) is 23.0 Å². The second-order valence-corrected chi connectivity index (χ2v) is 9.25. The van der Waals surface area contributed by atoms with Crippen molar-refractivity contribution in [3.63, 3.8) is 0 Å². The molecule has 0 radical (unpaired) electrons. The summed E-state index contributed by atoms with van der Waals surface area (Å²) in [5, 5.41) is 11.3. The number of anilines is 1. The summed E-state index contributed by atoms with van der Waals surface area (Å²) in [5.74, 6) is 0.464. The summed E-state index contributed by atoms with van der Waals surface area (Å²) < 4.78 is 0. The molecule has 1 aliphatic heterocycles. The summed E-state index contributed by atoms with van der Waals surface area (Å²) in [6, 6.07) is 12.8. The molecule has 7 heteroatoms. The van der Waals surface area contributed by atoms with Gasteiger partial charge in [0.1, 0.15) is 5.71 Å². The highest BCUT2D eigenvalue weighted by Crippen LogP contribution is 2.39. The lowest BCUT2D eigenvalue weighted by molar-refractivity contribution is -0.115. The molecule has 1 fully saturated rings. The molecular formula is C23H24Cl3N3O. The minimum absolute atomic E-state index is 0.105. The Morgan fingerprint density at radius 3 is 2.40 bits per heavy atom. The lowest BCUT2D eigenvalue weighted by atomic mass is 9.89. The Hall–Kier alpha value is -1.75. The van der Waals surface area contributed by atoms with Gasteiger partial charge >= 0.3 is 0 Å². The zero-order chi connectivity index (χ0) is 21.1. The topological polar surface area (TPSA) is 44.7 Å². The van der Waals surface area contributed by atoms with Gasteiger partial charge in [0.05, 0.1) is 16.8 Å². The summed E-state index contributed by atoms with van der Waals surface area (Å²) in [6.45, 7) is 0.713. The van der Waals surface area contributed by atoms with E-state index in [4.69, 9.17) is 34.8 Å². The van der Waals surface area contributed by atoms with E-state index in [9.17, 15) is 4.79 Å². The predicted octanol–water partition coefficient (Wildman–Crippen LogP) is 6.65. The van der Waals surface area contributed by atoms with E-state index in [-0.39, 0.29) is 11.9 Å². The molecule has 0 saturated heterocycles. The molecule has 30 heavy (non-hydrogen) atoms. The highest BCUT2D eigenvalue weighted by Gasteiger charge is 2.33. The average Bonchev–Trinajstić information content (AvgIpc) is 3.18. The number of nitrogens with one attached hydrogen (secondary N) is 1. The molecule has 4 rings (SSSR count). The number of carbonyl (C=O) groups is 1. The minimum atomic E-state index is -0.142. The van der Waals surface area contributed by atoms with Crippen LogP contribution in [0.1, 0.15) is 50.1 Å². The molecule has 1 atom stereocenters. The van der Waals surface area contributed by atoms with Gasteiger partial charge in [-0.2, -0.15) is 5.10 Å². The minimum Gasteiger partial charge on any atom is -0.351 e. The Labute approximate surface area is 192 Å². The third-order valence-corrected chi connectivity index (χ3v) is 6.65. The molecular weight excluding hydrogens is 441 g/mol. The van der Waals surface area contributed by atoms with Crippen LogP contribution in [-0.4, -0.2) is 18.2 Å². The number of hydrogen-bond donors (Lipinski definition) is 1. The zero-order valence-electron chi connectivity index (χ0n) is 16.6. The van der Waals surface area contributed by atoms with Gasteiger partial charge < -0.3 is 5.32 Å². The first-order valence-corrected chi connectivity index (χ1v) is 11.5. The molecule has 2 aliphatic rings. The van der Waals surface area contributed by atoms with E-state index >= 15 is 0 Å². The van der Waals surface area contributed by atoms with Crippen LogP contribution < -0.4 is 10.3 Å². The average molecular weight is 465 g/mol. The predicted molar refractivity (Wildman–Crippen MR) is 125 cm³/mol. The fourth-order valence-electron chi connectivity index (χ4n) is 4.21. The maximum atomic E-state index is 12.9. The van der Waals surface area contributed by atoms with Crippen molar-refractivity contribution in [2.45, 2.75) is 44.6 Å². The van der Waals surface area contributed by atoms with E-state index < -0.39 is 0 Å². The van der Waals surface area contributed by atoms with Crippen molar-refractivity contribution >= 4 is 52.1 Å². The van der Waals surface area contributed by atoms with Gasteiger partial charge in [-0.1, -0.05) is 66.2 Å². The molecule has 0 bridgehead atoms. The van der Waals surface area contributed by atoms with Crippen molar-refractivity contribution in [2.75, 3.05) is 11.6 Å². The van der Waals surface area contributed by atoms with E-state index in [0.29, 0.717) is 39.7 Å². The molecule has 0 spiro atoms. The normalized spacial score (nSPS) is 19.6. The molecule has 1 amide bonds. The van der Waals surface area contributed by atoms with Gasteiger partial charge in [0.25, 0.3) is 5.91 Å². The van der Waals surface area contributed by atoms with Crippen LogP contribution in [0.4, 0.5) is 5.69 Å². The Kier molecular flexibility index (Phi) is 6.87. The largest absolute Gasteiger partial charge is 0.351 e. The SMILES string of the molecule is O=C(NCC1CCCCC1)C1=NN(c2ccc(Cl)cc2Cl)C(c2ccc(Cl)cc2)C1. The van der Waals surface area contributed by atoms with Crippen LogP contribution in [0.5, 0.6) is 0 Å². The van der Waals surface area contributed by atoms with Gasteiger partial charge in [-0.05, 0) is 54.7 Å². The van der Waals surface area contributed by atoms with Crippen LogP contribution in [0.15, 0.2) is 47.6 Å². The fraction of sp³-hybridized carbons (Fsp3) is 0.391. The van der Waals surface area contributed by atoms with Crippen LogP contribution in [0.25, 0.3) is 0 Å². The standard InChI is InChI=1S/C23H24Cl3N3O/c24-17-8-6-16(7-9-17)22-13-20(23(30)27-14-15-4-2-1-3-5-15)28-29(22)21-11-10-18(25)12-19(21)26/h6-12,15,22H,1-5,13-14H2,(H,27,30). The highest BCUT2D eigenvalue weighted by molar-refractivity contribution is 6.40. The van der Waals surface area contributed by atoms with Crippen LogP contribution in [0.2, 0.25) is 15.1 Å². The van der Waals surface area contributed by atoms with Gasteiger partial charge in [0.15, 0.2) is 0 Å². The van der Waals surface area contributed by atoms with E-state index in [1.54, 1.807) is 12.1 Å². The smallest absolute Gasteiger partial charge is 0.267 e. The maximum absolute atomic E-state index is 12.9. The fourth-order valence-corrected chi connectivity index (χ4v) is 4.83. The van der Waals surface area contributed by atoms with E-state index in [1.165, 1.54) is 32.1 Å². The number of rotatable bonds is 5. The summed E-state index contributed by atoms with van der Waals surface area (Å²) in [7, 11) is 0. The maximum Gasteiger partial charge on any atom is 0.267 e. The van der Waals surface area contributed by atoms with Crippen molar-refractivity contribution in [1.29, 1.82) is 0 Å². The number of hydrogen-bond acceptors (Lipinski definition) is 3. The van der Waals surface area contributed by atoms with Crippen LogP contribution in [0.3, 0.4) is 0 Å². The third kappa shape index (κ3) is 4.93. The van der Waals surface area contributed by atoms with E-state index in [2.05, 4.69) is 10.4 Å². The number of halogens is 3. The molecule has 1 heterocycles. The lowest BCUT2D eigenvalue weighted by Gasteiger charge is -2.25.